The van der Waals surface area contributed by atoms with Crippen molar-refractivity contribution in [3.8, 4) is 6.07 Å². The molecule has 0 bridgehead atoms. The Morgan fingerprint density at radius 1 is 1.37 bits per heavy atom. The molecule has 0 aliphatic carbocycles. The van der Waals surface area contributed by atoms with E-state index in [1.54, 1.807) is 20.8 Å². The van der Waals surface area contributed by atoms with Crippen molar-refractivity contribution in [2.45, 2.75) is 32.7 Å². The van der Waals surface area contributed by atoms with Crippen molar-refractivity contribution in [3.63, 3.8) is 0 Å². The molecule has 1 unspecified atom stereocenters. The summed E-state index contributed by atoms with van der Waals surface area (Å²) < 4.78 is 22.5. The highest BCUT2D eigenvalue weighted by molar-refractivity contribution is 5.92. The maximum absolute atomic E-state index is 12.6. The highest BCUT2D eigenvalue weighted by Crippen LogP contribution is 2.42. The fourth-order valence-electron chi connectivity index (χ4n) is 3.27. The van der Waals surface area contributed by atoms with Crippen LogP contribution in [0.4, 0.5) is 0 Å². The summed E-state index contributed by atoms with van der Waals surface area (Å²) in [5.74, 6) is -2.00. The molecule has 2 heterocycles. The zero-order valence-corrected chi connectivity index (χ0v) is 15.5. The van der Waals surface area contributed by atoms with Crippen LogP contribution in [0.25, 0.3) is 5.76 Å². The van der Waals surface area contributed by atoms with Crippen LogP contribution in [-0.2, 0) is 23.7 Å². The molecule has 1 aromatic rings. The Bertz CT molecular complexity index is 836. The molecule has 2 aliphatic rings. The fraction of sp³-hybridized carbons (Fsp3) is 0.400. The van der Waals surface area contributed by atoms with Crippen LogP contribution in [-0.4, -0.2) is 31.1 Å². The number of carbonyl (C=O) groups is 1. The summed E-state index contributed by atoms with van der Waals surface area (Å²) >= 11 is 0. The van der Waals surface area contributed by atoms with Gasteiger partial charge >= 0.3 is 5.97 Å². The van der Waals surface area contributed by atoms with Gasteiger partial charge in [-0.05, 0) is 20.8 Å². The van der Waals surface area contributed by atoms with E-state index < -0.39 is 23.8 Å². The monoisotopic (exact) mass is 370 g/mol. The van der Waals surface area contributed by atoms with Crippen LogP contribution in [0.5, 0.6) is 0 Å². The standard InChI is InChI=1S/C20H22N2O5/c1-4-24-19(23)16-15(14-11-25-20(2,3)27-14)13(10-21)17(26-18(16)22)12-8-6-5-7-9-12/h5-9,14-15H,4,11,22H2,1-3H3/t14?,15-/m1/s1. The van der Waals surface area contributed by atoms with Crippen LogP contribution in [0.15, 0.2) is 47.4 Å². The van der Waals surface area contributed by atoms with E-state index in [0.717, 1.165) is 0 Å². The van der Waals surface area contributed by atoms with Crippen molar-refractivity contribution in [2.75, 3.05) is 13.2 Å². The third-order valence-electron chi connectivity index (χ3n) is 4.40. The number of hydrogen-bond donors (Lipinski definition) is 1. The number of nitriles is 1. The summed E-state index contributed by atoms with van der Waals surface area (Å²) in [6.45, 7) is 5.63. The molecule has 0 saturated carbocycles. The summed E-state index contributed by atoms with van der Waals surface area (Å²) in [6, 6.07) is 11.3. The predicted octanol–water partition coefficient (Wildman–Crippen LogP) is 2.45. The van der Waals surface area contributed by atoms with Gasteiger partial charge in [-0.15, -0.1) is 0 Å². The van der Waals surface area contributed by atoms with E-state index in [2.05, 4.69) is 6.07 Å². The molecule has 1 fully saturated rings. The lowest BCUT2D eigenvalue weighted by atomic mass is 9.83. The zero-order valence-electron chi connectivity index (χ0n) is 15.5. The van der Waals surface area contributed by atoms with Gasteiger partial charge in [-0.25, -0.2) is 4.79 Å². The molecule has 7 heteroatoms. The SMILES string of the molecule is CCOC(=O)C1=C(N)OC(c2ccccc2)=C(C#N)[C@@H]1C1COC(C)(C)O1. The van der Waals surface area contributed by atoms with Gasteiger partial charge in [0.2, 0.25) is 5.88 Å². The molecular weight excluding hydrogens is 348 g/mol. The molecule has 2 aliphatic heterocycles. The molecule has 2 atom stereocenters. The number of hydrogen-bond acceptors (Lipinski definition) is 7. The Morgan fingerprint density at radius 2 is 2.07 bits per heavy atom. The van der Waals surface area contributed by atoms with Gasteiger partial charge in [-0.3, -0.25) is 0 Å². The molecule has 0 radical (unpaired) electrons. The van der Waals surface area contributed by atoms with Crippen molar-refractivity contribution in [1.29, 1.82) is 5.26 Å². The summed E-state index contributed by atoms with van der Waals surface area (Å²) in [4.78, 5) is 12.6. The lowest BCUT2D eigenvalue weighted by molar-refractivity contribution is -0.146. The van der Waals surface area contributed by atoms with E-state index in [1.165, 1.54) is 0 Å². The van der Waals surface area contributed by atoms with Crippen molar-refractivity contribution in [3.05, 3.63) is 52.9 Å². The molecule has 7 nitrogen and oxygen atoms in total. The quantitative estimate of drug-likeness (QED) is 0.812. The van der Waals surface area contributed by atoms with Gasteiger partial charge in [0.05, 0.1) is 36.9 Å². The van der Waals surface area contributed by atoms with E-state index >= 15 is 0 Å². The lowest BCUT2D eigenvalue weighted by Gasteiger charge is -2.31. The number of esters is 1. The van der Waals surface area contributed by atoms with Gasteiger partial charge in [-0.2, -0.15) is 5.26 Å². The second kappa shape index (κ2) is 7.43. The first-order valence-corrected chi connectivity index (χ1v) is 8.74. The molecule has 0 amide bonds. The predicted molar refractivity (Wildman–Crippen MR) is 96.3 cm³/mol. The molecule has 2 N–H and O–H groups in total. The molecule has 0 spiro atoms. The van der Waals surface area contributed by atoms with Crippen LogP contribution in [0, 0.1) is 17.2 Å². The summed E-state index contributed by atoms with van der Waals surface area (Å²) in [5.41, 5.74) is 7.12. The third-order valence-corrected chi connectivity index (χ3v) is 4.40. The number of nitrogens with two attached hydrogens (primary N) is 1. The Morgan fingerprint density at radius 3 is 2.63 bits per heavy atom. The van der Waals surface area contributed by atoms with Crippen molar-refractivity contribution in [1.82, 2.24) is 0 Å². The van der Waals surface area contributed by atoms with Crippen molar-refractivity contribution < 1.29 is 23.7 Å². The lowest BCUT2D eigenvalue weighted by Crippen LogP contribution is -2.36. The molecule has 1 aromatic carbocycles. The Kier molecular flexibility index (Phi) is 5.22. The van der Waals surface area contributed by atoms with E-state index in [9.17, 15) is 10.1 Å². The first-order chi connectivity index (χ1) is 12.9. The van der Waals surface area contributed by atoms with Crippen LogP contribution >= 0.6 is 0 Å². The van der Waals surface area contributed by atoms with Gasteiger partial charge in [0.1, 0.15) is 5.57 Å². The Balaban J connectivity index is 2.12. The molecule has 142 valence electrons. The fourth-order valence-corrected chi connectivity index (χ4v) is 3.27. The maximum Gasteiger partial charge on any atom is 0.340 e. The van der Waals surface area contributed by atoms with Gasteiger partial charge in [0, 0.05) is 5.56 Å². The number of rotatable bonds is 4. The molecule has 1 saturated heterocycles. The molecule has 0 aromatic heterocycles. The van der Waals surface area contributed by atoms with E-state index in [-0.39, 0.29) is 30.2 Å². The zero-order chi connectivity index (χ0) is 19.6. The topological polar surface area (TPSA) is 104 Å². The van der Waals surface area contributed by atoms with Gasteiger partial charge in [0.25, 0.3) is 0 Å². The van der Waals surface area contributed by atoms with E-state index in [4.69, 9.17) is 24.7 Å². The second-order valence-electron chi connectivity index (χ2n) is 6.67. The number of carbonyl (C=O) groups excluding carboxylic acids is 1. The van der Waals surface area contributed by atoms with Crippen molar-refractivity contribution in [2.24, 2.45) is 11.7 Å². The largest absolute Gasteiger partial charge is 0.462 e. The van der Waals surface area contributed by atoms with E-state index in [0.29, 0.717) is 11.3 Å². The van der Waals surface area contributed by atoms with E-state index in [1.807, 2.05) is 30.3 Å². The van der Waals surface area contributed by atoms with Crippen LogP contribution < -0.4 is 5.73 Å². The maximum atomic E-state index is 12.6. The van der Waals surface area contributed by atoms with Gasteiger partial charge < -0.3 is 24.7 Å². The molecule has 27 heavy (non-hydrogen) atoms. The average Bonchev–Trinajstić information content (AvgIpc) is 3.01. The minimum absolute atomic E-state index is 0.0828. The number of benzene rings is 1. The van der Waals surface area contributed by atoms with Crippen LogP contribution in [0.2, 0.25) is 0 Å². The Labute approximate surface area is 157 Å². The highest BCUT2D eigenvalue weighted by Gasteiger charge is 2.47. The smallest absolute Gasteiger partial charge is 0.340 e. The molecule has 3 rings (SSSR count). The summed E-state index contributed by atoms with van der Waals surface area (Å²) in [5, 5.41) is 9.90. The minimum atomic E-state index is -0.828. The third kappa shape index (κ3) is 3.68. The summed E-state index contributed by atoms with van der Waals surface area (Å²) in [7, 11) is 0. The van der Waals surface area contributed by atoms with Gasteiger partial charge in [-0.1, -0.05) is 30.3 Å². The normalized spacial score (nSPS) is 24.4. The second-order valence-corrected chi connectivity index (χ2v) is 6.67. The number of ether oxygens (including phenoxy) is 4. The highest BCUT2D eigenvalue weighted by atomic mass is 16.7. The summed E-state index contributed by atoms with van der Waals surface area (Å²) in [6.07, 6.45) is -0.574. The average molecular weight is 370 g/mol. The van der Waals surface area contributed by atoms with Crippen LogP contribution in [0.3, 0.4) is 0 Å². The van der Waals surface area contributed by atoms with Crippen molar-refractivity contribution >= 4 is 11.7 Å². The first kappa shape index (κ1) is 19.0. The van der Waals surface area contributed by atoms with Crippen LogP contribution in [0.1, 0.15) is 26.3 Å². The minimum Gasteiger partial charge on any atom is -0.462 e. The number of nitrogens with zero attached hydrogens (tertiary/aromatic N) is 1. The first-order valence-electron chi connectivity index (χ1n) is 8.74. The Hall–Kier alpha value is -2.82. The van der Waals surface area contributed by atoms with Gasteiger partial charge in [0.15, 0.2) is 11.5 Å². The molecular formula is C20H22N2O5.